The number of rotatable bonds is 6. The highest BCUT2D eigenvalue weighted by atomic mass is 32.2. The van der Waals surface area contributed by atoms with Crippen LogP contribution in [-0.4, -0.2) is 76.8 Å². The summed E-state index contributed by atoms with van der Waals surface area (Å²) in [5, 5.41) is 12.2. The number of hydrogen-bond donors (Lipinski definition) is 3. The van der Waals surface area contributed by atoms with Gasteiger partial charge in [0.15, 0.2) is 0 Å². The third-order valence-corrected chi connectivity index (χ3v) is 8.36. The molecule has 0 spiro atoms. The van der Waals surface area contributed by atoms with Crippen molar-refractivity contribution in [1.29, 1.82) is 0 Å². The quantitative estimate of drug-likeness (QED) is 0.627. The second-order valence-corrected chi connectivity index (χ2v) is 10.3. The summed E-state index contributed by atoms with van der Waals surface area (Å²) in [7, 11) is -1.34. The van der Waals surface area contributed by atoms with Crippen molar-refractivity contribution < 1.29 is 18.3 Å². The van der Waals surface area contributed by atoms with Crippen molar-refractivity contribution in [1.82, 2.24) is 24.6 Å². The molecule has 1 aliphatic heterocycles. The fraction of sp³-hybridized carbons (Fsp3) is 0.632. The number of sulfonamides is 1. The van der Waals surface area contributed by atoms with Crippen LogP contribution in [0.1, 0.15) is 32.1 Å². The molecule has 4 rings (SSSR count). The molecule has 2 aliphatic rings. The molecule has 1 aliphatic carbocycles. The second kappa shape index (κ2) is 8.38. The molecule has 11 heteroatoms. The van der Waals surface area contributed by atoms with Crippen LogP contribution in [0.25, 0.3) is 11.0 Å². The largest absolute Gasteiger partial charge is 0.465 e. The van der Waals surface area contributed by atoms with Crippen molar-refractivity contribution in [3.8, 4) is 0 Å². The van der Waals surface area contributed by atoms with Gasteiger partial charge >= 0.3 is 6.09 Å². The van der Waals surface area contributed by atoms with E-state index < -0.39 is 16.1 Å². The number of anilines is 1. The highest BCUT2D eigenvalue weighted by molar-refractivity contribution is 7.89. The van der Waals surface area contributed by atoms with Crippen LogP contribution in [0.15, 0.2) is 18.6 Å². The summed E-state index contributed by atoms with van der Waals surface area (Å²) in [6.45, 7) is 0.610. The number of H-pyrrole nitrogens is 1. The van der Waals surface area contributed by atoms with E-state index >= 15 is 0 Å². The van der Waals surface area contributed by atoms with Gasteiger partial charge in [0.1, 0.15) is 17.8 Å². The number of aromatic nitrogens is 3. The Morgan fingerprint density at radius 2 is 2.07 bits per heavy atom. The van der Waals surface area contributed by atoms with Crippen LogP contribution in [0.2, 0.25) is 0 Å². The third kappa shape index (κ3) is 4.36. The minimum atomic E-state index is -3.38. The molecule has 3 N–H and O–H groups in total. The molecule has 0 bridgehead atoms. The van der Waals surface area contributed by atoms with E-state index in [0.29, 0.717) is 19.0 Å². The van der Waals surface area contributed by atoms with E-state index in [1.54, 1.807) is 6.33 Å². The number of nitrogens with one attached hydrogen (secondary N) is 2. The molecule has 0 radical (unpaired) electrons. The van der Waals surface area contributed by atoms with Gasteiger partial charge in [-0.25, -0.2) is 23.2 Å². The molecule has 3 heterocycles. The van der Waals surface area contributed by atoms with Crippen LogP contribution in [0.4, 0.5) is 10.6 Å². The van der Waals surface area contributed by atoms with Crippen LogP contribution in [0.5, 0.6) is 0 Å². The molecule has 0 unspecified atom stereocenters. The smallest absolute Gasteiger partial charge is 0.404 e. The van der Waals surface area contributed by atoms with E-state index in [1.165, 1.54) is 4.31 Å². The minimum Gasteiger partial charge on any atom is -0.465 e. The third-order valence-electron chi connectivity index (χ3n) is 6.35. The molecular formula is C19H28N6O4S. The standard InChI is InChI=1S/C19H28N6O4S/c1-24(18-16-6-8-20-17(16)21-12-22-18)15-4-2-13(3-5-15)11-30(28,29)25-9-7-14(10-25)23-19(26)27/h6,8,12-15,23H,2-5,7,9-11H2,1H3,(H,26,27)(H,20,21,22)/t13-,14-,15-/m0/s1. The maximum Gasteiger partial charge on any atom is 0.404 e. The number of hydrogen-bond acceptors (Lipinski definition) is 6. The Balaban J connectivity index is 1.32. The molecular weight excluding hydrogens is 408 g/mol. The first-order valence-electron chi connectivity index (χ1n) is 10.3. The van der Waals surface area contributed by atoms with E-state index in [-0.39, 0.29) is 24.3 Å². The minimum absolute atomic E-state index is 0.129. The first kappa shape index (κ1) is 20.9. The highest BCUT2D eigenvalue weighted by Gasteiger charge is 2.35. The van der Waals surface area contributed by atoms with Crippen molar-refractivity contribution in [2.75, 3.05) is 30.8 Å². The molecule has 30 heavy (non-hydrogen) atoms. The Kier molecular flexibility index (Phi) is 5.83. The first-order chi connectivity index (χ1) is 14.3. The summed E-state index contributed by atoms with van der Waals surface area (Å²) in [4.78, 5) is 24.8. The maximum absolute atomic E-state index is 12.8. The number of carboxylic acid groups (broad SMARTS) is 1. The number of amides is 1. The van der Waals surface area contributed by atoms with Gasteiger partial charge in [-0.15, -0.1) is 0 Å². The van der Waals surface area contributed by atoms with Gasteiger partial charge in [0.2, 0.25) is 10.0 Å². The lowest BCUT2D eigenvalue weighted by Crippen LogP contribution is -2.40. The van der Waals surface area contributed by atoms with Gasteiger partial charge in [-0.2, -0.15) is 4.31 Å². The molecule has 2 aromatic heterocycles. The summed E-state index contributed by atoms with van der Waals surface area (Å²) >= 11 is 0. The average Bonchev–Trinajstić information content (AvgIpc) is 3.37. The topological polar surface area (TPSA) is 132 Å². The van der Waals surface area contributed by atoms with Crippen LogP contribution in [0.3, 0.4) is 0 Å². The van der Waals surface area contributed by atoms with E-state index in [0.717, 1.165) is 42.5 Å². The fourth-order valence-corrected chi connectivity index (χ4v) is 6.62. The molecule has 1 amide bonds. The molecule has 0 aromatic carbocycles. The van der Waals surface area contributed by atoms with Crippen LogP contribution in [0, 0.1) is 5.92 Å². The van der Waals surface area contributed by atoms with Crippen molar-refractivity contribution in [2.45, 2.75) is 44.2 Å². The first-order valence-corrected chi connectivity index (χ1v) is 11.9. The summed E-state index contributed by atoms with van der Waals surface area (Å²) in [5.74, 6) is 1.16. The van der Waals surface area contributed by atoms with Gasteiger partial charge in [0.25, 0.3) is 0 Å². The van der Waals surface area contributed by atoms with Crippen molar-refractivity contribution in [2.24, 2.45) is 5.92 Å². The molecule has 1 saturated carbocycles. The zero-order valence-corrected chi connectivity index (χ0v) is 17.8. The Hall–Kier alpha value is -2.40. The SMILES string of the molecule is CN(c1ncnc2[nH]ccc12)[C@H]1CC[C@H](CS(=O)(=O)N2CC[C@H](NC(=O)O)C2)CC1. The van der Waals surface area contributed by atoms with E-state index in [9.17, 15) is 13.2 Å². The van der Waals surface area contributed by atoms with Crippen LogP contribution < -0.4 is 10.2 Å². The number of aromatic amines is 1. The summed E-state index contributed by atoms with van der Waals surface area (Å²) in [6, 6.07) is 1.97. The second-order valence-electron chi connectivity index (χ2n) is 8.29. The molecule has 2 aromatic rings. The lowest BCUT2D eigenvalue weighted by Gasteiger charge is -2.35. The normalized spacial score (nSPS) is 25.4. The van der Waals surface area contributed by atoms with Crippen LogP contribution in [-0.2, 0) is 10.0 Å². The van der Waals surface area contributed by atoms with Gasteiger partial charge < -0.3 is 20.3 Å². The summed E-state index contributed by atoms with van der Waals surface area (Å²) in [5.41, 5.74) is 0.813. The van der Waals surface area contributed by atoms with Gasteiger partial charge in [0, 0.05) is 38.4 Å². The van der Waals surface area contributed by atoms with Gasteiger partial charge in [-0.3, -0.25) is 0 Å². The van der Waals surface area contributed by atoms with Crippen molar-refractivity contribution in [3.05, 3.63) is 18.6 Å². The lowest BCUT2D eigenvalue weighted by molar-refractivity contribution is 0.190. The molecule has 1 saturated heterocycles. The summed E-state index contributed by atoms with van der Waals surface area (Å²) in [6.07, 6.45) is 6.35. The Morgan fingerprint density at radius 1 is 1.30 bits per heavy atom. The lowest BCUT2D eigenvalue weighted by atomic mass is 9.86. The fourth-order valence-electron chi connectivity index (χ4n) is 4.69. The monoisotopic (exact) mass is 436 g/mol. The van der Waals surface area contributed by atoms with Crippen molar-refractivity contribution in [3.63, 3.8) is 0 Å². The molecule has 164 valence electrons. The number of fused-ring (bicyclic) bond motifs is 1. The zero-order chi connectivity index (χ0) is 21.3. The van der Waals surface area contributed by atoms with Crippen molar-refractivity contribution >= 4 is 33.0 Å². The highest BCUT2D eigenvalue weighted by Crippen LogP contribution is 2.32. The average molecular weight is 437 g/mol. The van der Waals surface area contributed by atoms with Gasteiger partial charge in [-0.1, -0.05) is 0 Å². The summed E-state index contributed by atoms with van der Waals surface area (Å²) < 4.78 is 27.1. The molecule has 10 nitrogen and oxygen atoms in total. The molecule has 1 atom stereocenters. The van der Waals surface area contributed by atoms with Crippen LogP contribution >= 0.6 is 0 Å². The number of carbonyl (C=O) groups is 1. The Bertz CT molecular complexity index is 1000. The van der Waals surface area contributed by atoms with E-state index in [2.05, 4.69) is 25.2 Å². The van der Waals surface area contributed by atoms with Gasteiger partial charge in [0.05, 0.1) is 11.1 Å². The van der Waals surface area contributed by atoms with Gasteiger partial charge in [-0.05, 0) is 44.1 Å². The zero-order valence-electron chi connectivity index (χ0n) is 17.0. The van der Waals surface area contributed by atoms with E-state index in [4.69, 9.17) is 5.11 Å². The molecule has 2 fully saturated rings. The van der Waals surface area contributed by atoms with E-state index in [1.807, 2.05) is 19.3 Å². The predicted molar refractivity (Wildman–Crippen MR) is 113 cm³/mol. The predicted octanol–water partition coefficient (Wildman–Crippen LogP) is 1.62. The maximum atomic E-state index is 12.8. The number of nitrogens with zero attached hydrogens (tertiary/aromatic N) is 4. The Labute approximate surface area is 175 Å². The Morgan fingerprint density at radius 3 is 2.80 bits per heavy atom.